The highest BCUT2D eigenvalue weighted by Crippen LogP contribution is 2.42. The van der Waals surface area contributed by atoms with Crippen molar-refractivity contribution in [3.8, 4) is 0 Å². The molecule has 12 heavy (non-hydrogen) atoms. The lowest BCUT2D eigenvalue weighted by molar-refractivity contribution is 0.146. The van der Waals surface area contributed by atoms with E-state index in [1.165, 1.54) is 12.8 Å². The zero-order valence-electron chi connectivity index (χ0n) is 9.11. The van der Waals surface area contributed by atoms with Crippen LogP contribution >= 0.6 is 0 Å². The summed E-state index contributed by atoms with van der Waals surface area (Å²) in [6.07, 6.45) is 3.05. The molecule has 0 saturated carbocycles. The van der Waals surface area contributed by atoms with Gasteiger partial charge < -0.3 is 4.74 Å². The van der Waals surface area contributed by atoms with Crippen molar-refractivity contribution >= 4 is 0 Å². The van der Waals surface area contributed by atoms with E-state index in [0.717, 1.165) is 6.61 Å². The molecular weight excluding hydrogens is 148 g/mol. The minimum atomic E-state index is 0.375. The van der Waals surface area contributed by atoms with Gasteiger partial charge in [-0.2, -0.15) is 0 Å². The van der Waals surface area contributed by atoms with E-state index >= 15 is 0 Å². The molecule has 0 amide bonds. The van der Waals surface area contributed by atoms with Crippen molar-refractivity contribution in [3.05, 3.63) is 0 Å². The first-order valence-corrected chi connectivity index (χ1v) is 4.99. The number of rotatable bonds is 4. The van der Waals surface area contributed by atoms with Crippen molar-refractivity contribution in [2.45, 2.75) is 53.6 Å². The van der Waals surface area contributed by atoms with Crippen LogP contribution in [0.2, 0.25) is 0 Å². The van der Waals surface area contributed by atoms with Crippen LogP contribution in [0.25, 0.3) is 0 Å². The van der Waals surface area contributed by atoms with Gasteiger partial charge in [0.25, 0.3) is 0 Å². The third-order valence-corrected chi connectivity index (χ3v) is 3.10. The number of hydrogen-bond donors (Lipinski definition) is 0. The maximum absolute atomic E-state index is 5.36. The molecule has 0 aromatic heterocycles. The van der Waals surface area contributed by atoms with Crippen LogP contribution < -0.4 is 0 Å². The molecule has 0 aliphatic carbocycles. The van der Waals surface area contributed by atoms with Gasteiger partial charge >= 0.3 is 0 Å². The zero-order chi connectivity index (χ0) is 9.41. The molecule has 1 unspecified atom stereocenters. The van der Waals surface area contributed by atoms with Gasteiger partial charge in [0.2, 0.25) is 0 Å². The second kappa shape index (κ2) is 3.02. The lowest BCUT2D eigenvalue weighted by atomic mass is 9.72. The maximum atomic E-state index is 5.36. The Morgan fingerprint density at radius 2 is 1.75 bits per heavy atom. The summed E-state index contributed by atoms with van der Waals surface area (Å²) in [6, 6.07) is 0. The second-order valence-corrected chi connectivity index (χ2v) is 5.51. The molecule has 1 rings (SSSR count). The largest absolute Gasteiger partial charge is 0.373 e. The molecule has 0 bridgehead atoms. The number of ether oxygens (including phenoxy) is 1. The molecule has 1 saturated heterocycles. The second-order valence-electron chi connectivity index (χ2n) is 5.51. The molecule has 1 heterocycles. The molecule has 0 aromatic rings. The van der Waals surface area contributed by atoms with Crippen LogP contribution in [0.3, 0.4) is 0 Å². The van der Waals surface area contributed by atoms with E-state index in [1.54, 1.807) is 0 Å². The Balaban J connectivity index is 2.47. The normalized spacial score (nSPS) is 24.2. The number of epoxide rings is 1. The first-order valence-electron chi connectivity index (χ1n) is 4.99. The van der Waals surface area contributed by atoms with Crippen LogP contribution in [0.15, 0.2) is 0 Å². The van der Waals surface area contributed by atoms with Crippen LogP contribution in [0.1, 0.15) is 47.5 Å². The molecule has 1 nitrogen and oxygen atoms in total. The van der Waals surface area contributed by atoms with E-state index < -0.39 is 0 Å². The fourth-order valence-electron chi connectivity index (χ4n) is 1.97. The summed E-state index contributed by atoms with van der Waals surface area (Å²) in [5, 5.41) is 0. The monoisotopic (exact) mass is 170 g/mol. The molecular formula is C11H22O. The fraction of sp³-hybridized carbons (Fsp3) is 1.00. The first-order chi connectivity index (χ1) is 5.37. The molecule has 0 spiro atoms. The molecule has 1 aliphatic rings. The van der Waals surface area contributed by atoms with E-state index in [4.69, 9.17) is 4.74 Å². The first kappa shape index (κ1) is 10.0. The Kier molecular flexibility index (Phi) is 2.53. The SMILES string of the molecule is CCC(C)(C)CC(C)(C)C1CO1. The molecule has 1 heteroatoms. The average molecular weight is 170 g/mol. The standard InChI is InChI=1S/C11H22O/c1-6-10(2,3)8-11(4,5)9-7-12-9/h9H,6-8H2,1-5H3. The molecule has 0 radical (unpaired) electrons. The van der Waals surface area contributed by atoms with Crippen molar-refractivity contribution in [2.75, 3.05) is 6.61 Å². The van der Waals surface area contributed by atoms with E-state index in [0.29, 0.717) is 16.9 Å². The predicted molar refractivity (Wildman–Crippen MR) is 52.2 cm³/mol. The van der Waals surface area contributed by atoms with E-state index in [-0.39, 0.29) is 0 Å². The van der Waals surface area contributed by atoms with Gasteiger partial charge in [-0.3, -0.25) is 0 Å². The molecule has 1 aliphatic heterocycles. The summed E-state index contributed by atoms with van der Waals surface area (Å²) in [5.74, 6) is 0. The topological polar surface area (TPSA) is 12.5 Å². The van der Waals surface area contributed by atoms with Crippen molar-refractivity contribution < 1.29 is 4.74 Å². The van der Waals surface area contributed by atoms with Gasteiger partial charge in [0.15, 0.2) is 0 Å². The summed E-state index contributed by atoms with van der Waals surface area (Å²) in [7, 11) is 0. The van der Waals surface area contributed by atoms with E-state index in [2.05, 4.69) is 34.6 Å². The maximum Gasteiger partial charge on any atom is 0.0860 e. The molecule has 1 fully saturated rings. The molecule has 1 atom stereocenters. The highest BCUT2D eigenvalue weighted by atomic mass is 16.6. The lowest BCUT2D eigenvalue weighted by Gasteiger charge is -2.33. The summed E-state index contributed by atoms with van der Waals surface area (Å²) < 4.78 is 5.36. The molecule has 72 valence electrons. The Bertz CT molecular complexity index is 154. The van der Waals surface area contributed by atoms with Gasteiger partial charge in [0.1, 0.15) is 0 Å². The minimum Gasteiger partial charge on any atom is -0.373 e. The van der Waals surface area contributed by atoms with Gasteiger partial charge in [0.05, 0.1) is 12.7 Å². The molecule has 0 N–H and O–H groups in total. The van der Waals surface area contributed by atoms with Crippen LogP contribution in [0, 0.1) is 10.8 Å². The quantitative estimate of drug-likeness (QED) is 0.590. The van der Waals surface area contributed by atoms with Gasteiger partial charge in [-0.15, -0.1) is 0 Å². The Morgan fingerprint density at radius 3 is 2.08 bits per heavy atom. The smallest absolute Gasteiger partial charge is 0.0860 e. The van der Waals surface area contributed by atoms with Crippen molar-refractivity contribution in [1.82, 2.24) is 0 Å². The van der Waals surface area contributed by atoms with Gasteiger partial charge in [-0.1, -0.05) is 41.0 Å². The van der Waals surface area contributed by atoms with Crippen LogP contribution in [-0.4, -0.2) is 12.7 Å². The van der Waals surface area contributed by atoms with Crippen LogP contribution in [0.4, 0.5) is 0 Å². The predicted octanol–water partition coefficient (Wildman–Crippen LogP) is 3.24. The summed E-state index contributed by atoms with van der Waals surface area (Å²) in [4.78, 5) is 0. The Labute approximate surface area is 76.5 Å². The highest BCUT2D eigenvalue weighted by Gasteiger charge is 2.42. The Hall–Kier alpha value is -0.0400. The third kappa shape index (κ3) is 2.48. The summed E-state index contributed by atoms with van der Waals surface area (Å²) in [5.41, 5.74) is 0.842. The third-order valence-electron chi connectivity index (χ3n) is 3.10. The van der Waals surface area contributed by atoms with Crippen LogP contribution in [0.5, 0.6) is 0 Å². The van der Waals surface area contributed by atoms with E-state index in [9.17, 15) is 0 Å². The zero-order valence-corrected chi connectivity index (χ0v) is 9.11. The van der Waals surface area contributed by atoms with Gasteiger partial charge in [-0.25, -0.2) is 0 Å². The minimum absolute atomic E-state index is 0.375. The van der Waals surface area contributed by atoms with Crippen LogP contribution in [-0.2, 0) is 4.74 Å². The highest BCUT2D eigenvalue weighted by molar-refractivity contribution is 4.90. The average Bonchev–Trinajstić information content (AvgIpc) is 2.65. The number of hydrogen-bond acceptors (Lipinski definition) is 1. The van der Waals surface area contributed by atoms with Crippen molar-refractivity contribution in [1.29, 1.82) is 0 Å². The van der Waals surface area contributed by atoms with Gasteiger partial charge in [0, 0.05) is 0 Å². The fourth-order valence-corrected chi connectivity index (χ4v) is 1.97. The van der Waals surface area contributed by atoms with E-state index in [1.807, 2.05) is 0 Å². The van der Waals surface area contributed by atoms with Crippen molar-refractivity contribution in [3.63, 3.8) is 0 Å². The summed E-state index contributed by atoms with van der Waals surface area (Å²) >= 11 is 0. The van der Waals surface area contributed by atoms with Gasteiger partial charge in [-0.05, 0) is 17.3 Å². The van der Waals surface area contributed by atoms with Crippen molar-refractivity contribution in [2.24, 2.45) is 10.8 Å². The Morgan fingerprint density at radius 1 is 1.25 bits per heavy atom. The summed E-state index contributed by atoms with van der Waals surface area (Å²) in [6.45, 7) is 12.6. The molecule has 0 aromatic carbocycles. The lowest BCUT2D eigenvalue weighted by Crippen LogP contribution is -2.27.